The summed E-state index contributed by atoms with van der Waals surface area (Å²) in [6.07, 6.45) is -5.07. The van der Waals surface area contributed by atoms with Crippen molar-refractivity contribution < 1.29 is 33.0 Å². The normalized spacial score (nSPS) is 33.2. The van der Waals surface area contributed by atoms with Crippen molar-refractivity contribution in [2.45, 2.75) is 23.4 Å². The van der Waals surface area contributed by atoms with Crippen LogP contribution in [0.2, 0.25) is 0 Å². The van der Waals surface area contributed by atoms with E-state index in [2.05, 4.69) is 0 Å². The Hall–Kier alpha value is -1.57. The molecule has 2 heterocycles. The number of aromatic nitrogens is 2. The molecule has 12 heteroatoms. The molecule has 0 unspecified atom stereocenters. The fourth-order valence-electron chi connectivity index (χ4n) is 2.12. The summed E-state index contributed by atoms with van der Waals surface area (Å²) < 4.78 is 37.7. The molecule has 5 N–H and O–H groups in total. The molecule has 1 fully saturated rings. The number of hydrogen-bond donors (Lipinski definition) is 5. The largest absolute Gasteiger partial charge is 0.394 e. The Morgan fingerprint density at radius 2 is 2.00 bits per heavy atom. The van der Waals surface area contributed by atoms with Crippen LogP contribution in [0.5, 0.6) is 0 Å². The highest BCUT2D eigenvalue weighted by Gasteiger charge is 2.64. The van der Waals surface area contributed by atoms with E-state index in [9.17, 15) is 32.8 Å². The Kier molecular flexibility index (Phi) is 3.77. The zero-order valence-electron chi connectivity index (χ0n) is 10.3. The third-order valence-corrected chi connectivity index (χ3v) is 4.38. The minimum Gasteiger partial charge on any atom is -0.394 e. The topological polar surface area (TPSA) is 179 Å². The second-order valence-electron chi connectivity index (χ2n) is 4.36. The summed E-state index contributed by atoms with van der Waals surface area (Å²) in [5.74, 6) is 0. The van der Waals surface area contributed by atoms with Gasteiger partial charge in [0.05, 0.1) is 6.61 Å². The summed E-state index contributed by atoms with van der Waals surface area (Å²) in [6.45, 7) is -0.881. The van der Waals surface area contributed by atoms with Crippen LogP contribution in [0.25, 0.3) is 0 Å². The summed E-state index contributed by atoms with van der Waals surface area (Å²) in [4.78, 5) is 24.4. The van der Waals surface area contributed by atoms with Crippen molar-refractivity contribution in [3.05, 3.63) is 33.1 Å². The molecule has 0 amide bonds. The van der Waals surface area contributed by atoms with Gasteiger partial charge in [-0.2, -0.15) is 8.42 Å². The van der Waals surface area contributed by atoms with E-state index < -0.39 is 51.3 Å². The lowest BCUT2D eigenvalue weighted by Gasteiger charge is -2.29. The van der Waals surface area contributed by atoms with Gasteiger partial charge in [0.25, 0.3) is 5.56 Å². The van der Waals surface area contributed by atoms with Crippen LogP contribution in [-0.2, 0) is 19.9 Å². The standard InChI is InChI=1S/C9H12N2O9S/c12-3-4-6(14)7(15)9(20-4,21(17,18)19)11-2-1-5(13)10-8(11)16/h1-2,4,6-7,12,14-15H,3H2,(H,10,13,16)(H,17,18,19)/t4-,6-,7-,9+/m1/s1. The van der Waals surface area contributed by atoms with Crippen LogP contribution >= 0.6 is 0 Å². The van der Waals surface area contributed by atoms with Gasteiger partial charge in [-0.1, -0.05) is 0 Å². The fraction of sp³-hybridized carbons (Fsp3) is 0.556. The Morgan fingerprint density at radius 3 is 2.43 bits per heavy atom. The Morgan fingerprint density at radius 1 is 1.38 bits per heavy atom. The van der Waals surface area contributed by atoms with E-state index in [1.54, 1.807) is 4.98 Å². The van der Waals surface area contributed by atoms with E-state index >= 15 is 0 Å². The lowest BCUT2D eigenvalue weighted by molar-refractivity contribution is -0.0932. The summed E-state index contributed by atoms with van der Waals surface area (Å²) in [7, 11) is -5.28. The molecule has 118 valence electrons. The van der Waals surface area contributed by atoms with Crippen LogP contribution in [0.1, 0.15) is 0 Å². The molecule has 1 aromatic rings. The highest BCUT2D eigenvalue weighted by atomic mass is 32.2. The third kappa shape index (κ3) is 2.21. The first kappa shape index (κ1) is 15.8. The Labute approximate surface area is 116 Å². The van der Waals surface area contributed by atoms with E-state index in [0.29, 0.717) is 6.20 Å². The molecule has 21 heavy (non-hydrogen) atoms. The van der Waals surface area contributed by atoms with Gasteiger partial charge in [-0.3, -0.25) is 18.9 Å². The number of aliphatic hydroxyl groups is 3. The van der Waals surface area contributed by atoms with E-state index in [1.807, 2.05) is 0 Å². The molecule has 0 spiro atoms. The van der Waals surface area contributed by atoms with Crippen molar-refractivity contribution >= 4 is 10.1 Å². The number of hydrogen-bond acceptors (Lipinski definition) is 8. The van der Waals surface area contributed by atoms with Gasteiger partial charge in [-0.25, -0.2) is 4.79 Å². The predicted molar refractivity (Wildman–Crippen MR) is 64.8 cm³/mol. The molecule has 1 saturated heterocycles. The van der Waals surface area contributed by atoms with Crippen LogP contribution < -0.4 is 11.2 Å². The molecule has 0 aromatic carbocycles. The van der Waals surface area contributed by atoms with Crippen molar-refractivity contribution in [1.82, 2.24) is 9.55 Å². The minimum absolute atomic E-state index is 0.216. The van der Waals surface area contributed by atoms with Gasteiger partial charge >= 0.3 is 20.9 Å². The zero-order chi connectivity index (χ0) is 16.0. The average molecular weight is 324 g/mol. The van der Waals surface area contributed by atoms with Gasteiger partial charge in [0, 0.05) is 12.3 Å². The first-order valence-electron chi connectivity index (χ1n) is 5.59. The number of H-pyrrole nitrogens is 1. The van der Waals surface area contributed by atoms with Gasteiger partial charge < -0.3 is 20.1 Å². The van der Waals surface area contributed by atoms with Gasteiger partial charge in [-0.15, -0.1) is 0 Å². The van der Waals surface area contributed by atoms with Crippen molar-refractivity contribution in [3.63, 3.8) is 0 Å². The first-order chi connectivity index (χ1) is 9.65. The molecule has 4 atom stereocenters. The molecule has 0 radical (unpaired) electrons. The van der Waals surface area contributed by atoms with Gasteiger partial charge in [-0.05, 0) is 0 Å². The summed E-state index contributed by atoms with van der Waals surface area (Å²) in [5.41, 5.74) is -2.15. The maximum Gasteiger partial charge on any atom is 0.331 e. The molecular weight excluding hydrogens is 312 g/mol. The third-order valence-electron chi connectivity index (χ3n) is 3.11. The van der Waals surface area contributed by atoms with E-state index in [4.69, 9.17) is 9.84 Å². The molecule has 0 saturated carbocycles. The second kappa shape index (κ2) is 5.01. The van der Waals surface area contributed by atoms with Gasteiger partial charge in [0.15, 0.2) is 0 Å². The second-order valence-corrected chi connectivity index (χ2v) is 5.90. The predicted octanol–water partition coefficient (Wildman–Crippen LogP) is -3.85. The fourth-order valence-corrected chi connectivity index (χ4v) is 3.20. The van der Waals surface area contributed by atoms with Crippen LogP contribution in [-0.4, -0.2) is 62.8 Å². The molecule has 0 bridgehead atoms. The number of nitrogens with zero attached hydrogens (tertiary/aromatic N) is 1. The number of ether oxygens (including phenoxy) is 1. The number of aliphatic hydroxyl groups excluding tert-OH is 3. The molecule has 1 aliphatic rings. The first-order valence-corrected chi connectivity index (χ1v) is 7.03. The maximum absolute atomic E-state index is 11.7. The maximum atomic E-state index is 11.7. The SMILES string of the molecule is O=c1ccn([C@]2(S(=O)(=O)O)O[C@H](CO)[C@@H](O)[C@H]2O)c(=O)[nH]1. The molecule has 2 rings (SSSR count). The smallest absolute Gasteiger partial charge is 0.331 e. The van der Waals surface area contributed by atoms with E-state index in [1.165, 1.54) is 0 Å². The van der Waals surface area contributed by atoms with Crippen molar-refractivity contribution in [3.8, 4) is 0 Å². The van der Waals surface area contributed by atoms with Gasteiger partial charge in [0.2, 0.25) is 0 Å². The monoisotopic (exact) mass is 324 g/mol. The highest BCUT2D eigenvalue weighted by Crippen LogP contribution is 2.38. The van der Waals surface area contributed by atoms with E-state index in [0.717, 1.165) is 6.07 Å². The highest BCUT2D eigenvalue weighted by molar-refractivity contribution is 7.86. The Bertz CT molecular complexity index is 753. The Balaban J connectivity index is 2.77. The quantitative estimate of drug-likeness (QED) is 0.348. The summed E-state index contributed by atoms with van der Waals surface area (Å²) in [5, 5.41) is 25.5. The van der Waals surface area contributed by atoms with Crippen molar-refractivity contribution in [2.75, 3.05) is 6.61 Å². The van der Waals surface area contributed by atoms with Crippen LogP contribution in [0, 0.1) is 0 Å². The van der Waals surface area contributed by atoms with E-state index in [-0.39, 0.29) is 4.57 Å². The van der Waals surface area contributed by atoms with Crippen molar-refractivity contribution in [2.24, 2.45) is 0 Å². The van der Waals surface area contributed by atoms with Crippen LogP contribution in [0.4, 0.5) is 0 Å². The summed E-state index contributed by atoms with van der Waals surface area (Å²) in [6, 6.07) is 0.753. The lowest BCUT2D eigenvalue weighted by atomic mass is 10.1. The number of aromatic amines is 1. The molecule has 11 nitrogen and oxygen atoms in total. The van der Waals surface area contributed by atoms with Crippen molar-refractivity contribution in [1.29, 1.82) is 0 Å². The molecule has 0 aliphatic carbocycles. The molecular formula is C9H12N2O9S. The van der Waals surface area contributed by atoms with Crippen LogP contribution in [0.3, 0.4) is 0 Å². The lowest BCUT2D eigenvalue weighted by Crippen LogP contribution is -2.56. The average Bonchev–Trinajstić information content (AvgIpc) is 2.63. The number of rotatable bonds is 3. The summed E-state index contributed by atoms with van der Waals surface area (Å²) >= 11 is 0. The number of nitrogens with one attached hydrogen (secondary N) is 1. The molecule has 1 aliphatic heterocycles. The van der Waals surface area contributed by atoms with Crippen LogP contribution in [0.15, 0.2) is 21.9 Å². The zero-order valence-corrected chi connectivity index (χ0v) is 11.1. The van der Waals surface area contributed by atoms with Gasteiger partial charge in [0.1, 0.15) is 18.3 Å². The molecule has 1 aromatic heterocycles. The minimum atomic E-state index is -5.28.